The zero-order valence-corrected chi connectivity index (χ0v) is 12.9. The molecule has 4 heteroatoms. The van der Waals surface area contributed by atoms with E-state index in [1.165, 1.54) is 12.8 Å². The van der Waals surface area contributed by atoms with Crippen molar-refractivity contribution in [2.75, 3.05) is 0 Å². The van der Waals surface area contributed by atoms with Gasteiger partial charge in [-0.15, -0.1) is 0 Å². The molecule has 1 spiro atoms. The molecule has 0 aromatic heterocycles. The van der Waals surface area contributed by atoms with E-state index in [-0.39, 0.29) is 18.0 Å². The van der Waals surface area contributed by atoms with Gasteiger partial charge in [0.05, 0.1) is 6.10 Å². The second-order valence-electron chi connectivity index (χ2n) is 7.61. The molecule has 1 saturated carbocycles. The number of hydrogen-bond donors (Lipinski definition) is 0. The van der Waals surface area contributed by atoms with Crippen LogP contribution in [0.2, 0.25) is 0 Å². The molecule has 2 bridgehead atoms. The van der Waals surface area contributed by atoms with Crippen LogP contribution >= 0.6 is 0 Å². The molecule has 4 aliphatic heterocycles. The predicted octanol–water partition coefficient (Wildman–Crippen LogP) is 3.26. The van der Waals surface area contributed by atoms with Gasteiger partial charge in [0.15, 0.2) is 11.9 Å². The molecule has 0 aromatic carbocycles. The van der Waals surface area contributed by atoms with Gasteiger partial charge in [-0.1, -0.05) is 13.8 Å². The molecule has 1 aliphatic carbocycles. The third kappa shape index (κ3) is 1.57. The molecule has 4 saturated heterocycles. The lowest BCUT2D eigenvalue weighted by Gasteiger charge is -2.60. The van der Waals surface area contributed by atoms with Crippen molar-refractivity contribution in [1.82, 2.24) is 0 Å². The summed E-state index contributed by atoms with van der Waals surface area (Å²) in [6, 6.07) is 0. The zero-order valence-electron chi connectivity index (χ0n) is 12.9. The summed E-state index contributed by atoms with van der Waals surface area (Å²) in [6.45, 7) is 8.77. The first-order valence-electron chi connectivity index (χ1n) is 8.16. The van der Waals surface area contributed by atoms with Gasteiger partial charge < -0.3 is 9.47 Å². The number of ether oxygens (including phenoxy) is 2. The first kappa shape index (κ1) is 13.5. The second-order valence-corrected chi connectivity index (χ2v) is 7.61. The molecule has 4 heterocycles. The van der Waals surface area contributed by atoms with Gasteiger partial charge in [-0.25, -0.2) is 9.78 Å². The lowest BCUT2D eigenvalue weighted by molar-refractivity contribution is -0.570. The van der Waals surface area contributed by atoms with Crippen LogP contribution in [0.3, 0.4) is 0 Å². The van der Waals surface area contributed by atoms with Crippen LogP contribution in [0.4, 0.5) is 0 Å². The molecule has 0 aromatic rings. The molecule has 4 unspecified atom stereocenters. The molecular formula is C16H26O4. The van der Waals surface area contributed by atoms with Crippen LogP contribution in [-0.2, 0) is 19.2 Å². The quantitative estimate of drug-likeness (QED) is 0.639. The van der Waals surface area contributed by atoms with Crippen molar-refractivity contribution in [3.8, 4) is 0 Å². The van der Waals surface area contributed by atoms with Crippen LogP contribution in [0.25, 0.3) is 0 Å². The van der Waals surface area contributed by atoms with Gasteiger partial charge in [0.2, 0.25) is 5.79 Å². The van der Waals surface area contributed by atoms with Crippen molar-refractivity contribution in [2.45, 2.75) is 77.2 Å². The van der Waals surface area contributed by atoms with E-state index in [2.05, 4.69) is 20.8 Å². The highest BCUT2D eigenvalue weighted by Gasteiger charge is 2.68. The van der Waals surface area contributed by atoms with Gasteiger partial charge in [-0.05, 0) is 50.9 Å². The Labute approximate surface area is 121 Å². The Kier molecular flexibility index (Phi) is 2.83. The Morgan fingerprint density at radius 2 is 1.75 bits per heavy atom. The van der Waals surface area contributed by atoms with Crippen molar-refractivity contribution < 1.29 is 19.2 Å². The van der Waals surface area contributed by atoms with Crippen molar-refractivity contribution >= 4 is 0 Å². The lowest BCUT2D eigenvalue weighted by Crippen LogP contribution is -2.70. The largest absolute Gasteiger partial charge is 0.346 e. The summed E-state index contributed by atoms with van der Waals surface area (Å²) in [5, 5.41) is 0. The zero-order chi connectivity index (χ0) is 14.1. The molecule has 20 heavy (non-hydrogen) atoms. The molecule has 0 amide bonds. The van der Waals surface area contributed by atoms with Gasteiger partial charge in [-0.3, -0.25) is 0 Å². The lowest BCUT2D eigenvalue weighted by atomic mass is 9.57. The Bertz CT molecular complexity index is 409. The number of fused-ring (bicyclic) bond motifs is 2. The second kappa shape index (κ2) is 4.19. The van der Waals surface area contributed by atoms with E-state index in [0.717, 1.165) is 12.8 Å². The fourth-order valence-corrected chi connectivity index (χ4v) is 5.08. The molecule has 0 radical (unpaired) electrons. The van der Waals surface area contributed by atoms with Gasteiger partial charge in [0, 0.05) is 12.3 Å². The summed E-state index contributed by atoms with van der Waals surface area (Å²) in [6.07, 6.45) is 4.41. The maximum absolute atomic E-state index is 6.23. The molecule has 4 nitrogen and oxygen atoms in total. The maximum atomic E-state index is 6.23. The highest BCUT2D eigenvalue weighted by Crippen LogP contribution is 2.60. The number of rotatable bonds is 0. The molecule has 8 atom stereocenters. The normalized spacial score (nSPS) is 61.8. The van der Waals surface area contributed by atoms with Crippen LogP contribution in [0.15, 0.2) is 0 Å². The van der Waals surface area contributed by atoms with E-state index in [1.54, 1.807) is 0 Å². The summed E-state index contributed by atoms with van der Waals surface area (Å²) in [5.41, 5.74) is -0.389. The van der Waals surface area contributed by atoms with Crippen molar-refractivity contribution in [3.63, 3.8) is 0 Å². The van der Waals surface area contributed by atoms with Gasteiger partial charge in [0.1, 0.15) is 0 Å². The van der Waals surface area contributed by atoms with Crippen LogP contribution in [0.1, 0.15) is 53.4 Å². The van der Waals surface area contributed by atoms with Crippen LogP contribution in [0, 0.1) is 23.7 Å². The van der Waals surface area contributed by atoms with E-state index in [1.807, 2.05) is 6.92 Å². The smallest absolute Gasteiger partial charge is 0.201 e. The highest BCUT2D eigenvalue weighted by molar-refractivity contribution is 5.09. The molecular weight excluding hydrogens is 256 g/mol. The van der Waals surface area contributed by atoms with Crippen LogP contribution in [0.5, 0.6) is 0 Å². The molecule has 5 fully saturated rings. The van der Waals surface area contributed by atoms with Crippen molar-refractivity contribution in [1.29, 1.82) is 0 Å². The minimum Gasteiger partial charge on any atom is -0.346 e. The summed E-state index contributed by atoms with van der Waals surface area (Å²) >= 11 is 0. The monoisotopic (exact) mass is 282 g/mol. The Balaban J connectivity index is 1.82. The van der Waals surface area contributed by atoms with E-state index < -0.39 is 5.79 Å². The third-order valence-corrected chi connectivity index (χ3v) is 6.49. The van der Waals surface area contributed by atoms with Crippen LogP contribution in [-0.4, -0.2) is 23.8 Å². The minimum absolute atomic E-state index is 0.219. The fourth-order valence-electron chi connectivity index (χ4n) is 5.08. The summed E-state index contributed by atoms with van der Waals surface area (Å²) in [4.78, 5) is 11.8. The first-order chi connectivity index (χ1) is 9.46. The predicted molar refractivity (Wildman–Crippen MR) is 72.5 cm³/mol. The van der Waals surface area contributed by atoms with Crippen molar-refractivity contribution in [3.05, 3.63) is 0 Å². The summed E-state index contributed by atoms with van der Waals surface area (Å²) < 4.78 is 12.5. The molecule has 5 aliphatic rings. The topological polar surface area (TPSA) is 36.9 Å². The average Bonchev–Trinajstić information content (AvgIpc) is 2.63. The Morgan fingerprint density at radius 1 is 0.950 bits per heavy atom. The number of hydrogen-bond acceptors (Lipinski definition) is 4. The SMILES string of the molecule is CC1CCC2[C@@H](C)[C@@H](C)OC3O[C@]4(C)CCC1[C@@]32OO4. The van der Waals surface area contributed by atoms with E-state index in [9.17, 15) is 0 Å². The molecule has 5 rings (SSSR count). The fraction of sp³-hybridized carbons (Fsp3) is 1.00. The first-order valence-corrected chi connectivity index (χ1v) is 8.16. The highest BCUT2D eigenvalue weighted by atomic mass is 17.3. The van der Waals surface area contributed by atoms with Gasteiger partial charge in [-0.2, -0.15) is 0 Å². The van der Waals surface area contributed by atoms with E-state index >= 15 is 0 Å². The van der Waals surface area contributed by atoms with Crippen molar-refractivity contribution in [2.24, 2.45) is 23.7 Å². The maximum Gasteiger partial charge on any atom is 0.201 e. The molecule has 0 N–H and O–H groups in total. The summed E-state index contributed by atoms with van der Waals surface area (Å²) in [5.74, 6) is 1.44. The minimum atomic E-state index is -0.641. The van der Waals surface area contributed by atoms with Crippen LogP contribution < -0.4 is 0 Å². The van der Waals surface area contributed by atoms with E-state index in [4.69, 9.17) is 19.2 Å². The summed E-state index contributed by atoms with van der Waals surface area (Å²) in [7, 11) is 0. The Hall–Kier alpha value is -0.160. The average molecular weight is 282 g/mol. The Morgan fingerprint density at radius 3 is 2.55 bits per heavy atom. The third-order valence-electron chi connectivity index (χ3n) is 6.49. The standard InChI is InChI=1S/C16H26O4/c1-9-5-6-13-10(2)11(3)17-14-16(13)12(9)7-8-15(4,18-14)19-20-16/h9-14H,5-8H2,1-4H3/t9?,10-,11+,12?,13?,14?,15-,16-/m0/s1. The van der Waals surface area contributed by atoms with Gasteiger partial charge >= 0.3 is 0 Å². The van der Waals surface area contributed by atoms with Gasteiger partial charge in [0.25, 0.3) is 0 Å². The molecule has 114 valence electrons. The van der Waals surface area contributed by atoms with E-state index in [0.29, 0.717) is 23.7 Å².